The largest absolute Gasteiger partial charge is 0.311 e. The monoisotopic (exact) mass is 252 g/mol. The Balaban J connectivity index is 1.89. The van der Waals surface area contributed by atoms with Crippen molar-refractivity contribution >= 4 is 0 Å². The summed E-state index contributed by atoms with van der Waals surface area (Å²) < 4.78 is 0. The quantitative estimate of drug-likeness (QED) is 0.806. The molecule has 2 nitrogen and oxygen atoms in total. The van der Waals surface area contributed by atoms with Crippen LogP contribution in [0.3, 0.4) is 0 Å². The zero-order chi connectivity index (χ0) is 12.8. The third kappa shape index (κ3) is 3.71. The molecule has 1 N–H and O–H groups in total. The van der Waals surface area contributed by atoms with Gasteiger partial charge in [0.05, 0.1) is 0 Å². The van der Waals surface area contributed by atoms with Crippen LogP contribution < -0.4 is 5.32 Å². The van der Waals surface area contributed by atoms with Gasteiger partial charge in [0, 0.05) is 31.7 Å². The fourth-order valence-electron chi connectivity index (χ4n) is 4.10. The fraction of sp³-hybridized carbons (Fsp3) is 1.00. The van der Waals surface area contributed by atoms with Gasteiger partial charge in [-0.05, 0) is 31.6 Å². The van der Waals surface area contributed by atoms with Gasteiger partial charge in [0.15, 0.2) is 0 Å². The van der Waals surface area contributed by atoms with Crippen molar-refractivity contribution in [3.8, 4) is 0 Å². The van der Waals surface area contributed by atoms with Crippen molar-refractivity contribution < 1.29 is 0 Å². The summed E-state index contributed by atoms with van der Waals surface area (Å²) in [6.45, 7) is 8.47. The van der Waals surface area contributed by atoms with Crippen LogP contribution in [0.1, 0.15) is 65.2 Å². The van der Waals surface area contributed by atoms with Crippen LogP contribution >= 0.6 is 0 Å². The van der Waals surface area contributed by atoms with E-state index in [0.29, 0.717) is 0 Å². The van der Waals surface area contributed by atoms with E-state index >= 15 is 0 Å². The molecule has 0 amide bonds. The second-order valence-electron chi connectivity index (χ2n) is 6.31. The number of piperazine rings is 1. The second-order valence-corrected chi connectivity index (χ2v) is 6.31. The molecule has 2 unspecified atom stereocenters. The van der Waals surface area contributed by atoms with Crippen LogP contribution in [0.25, 0.3) is 0 Å². The lowest BCUT2D eigenvalue weighted by Gasteiger charge is -2.43. The minimum atomic E-state index is 0.751. The van der Waals surface area contributed by atoms with E-state index in [-0.39, 0.29) is 0 Å². The molecule has 1 saturated heterocycles. The molecule has 0 radical (unpaired) electrons. The molecule has 2 atom stereocenters. The van der Waals surface area contributed by atoms with Crippen molar-refractivity contribution in [2.75, 3.05) is 19.6 Å². The van der Waals surface area contributed by atoms with Gasteiger partial charge in [-0.25, -0.2) is 0 Å². The summed E-state index contributed by atoms with van der Waals surface area (Å²) >= 11 is 0. The van der Waals surface area contributed by atoms with E-state index in [4.69, 9.17) is 0 Å². The molecule has 18 heavy (non-hydrogen) atoms. The highest BCUT2D eigenvalue weighted by molar-refractivity contribution is 4.87. The Kier molecular flexibility index (Phi) is 5.97. The van der Waals surface area contributed by atoms with Crippen LogP contribution in [0.4, 0.5) is 0 Å². The minimum absolute atomic E-state index is 0.751. The summed E-state index contributed by atoms with van der Waals surface area (Å²) in [5, 5.41) is 3.69. The molecule has 0 aromatic rings. The zero-order valence-electron chi connectivity index (χ0n) is 12.5. The van der Waals surface area contributed by atoms with Crippen molar-refractivity contribution in [2.24, 2.45) is 5.92 Å². The second kappa shape index (κ2) is 7.49. The average Bonchev–Trinajstić information content (AvgIpc) is 2.42. The van der Waals surface area contributed by atoms with Gasteiger partial charge >= 0.3 is 0 Å². The lowest BCUT2D eigenvalue weighted by molar-refractivity contribution is 0.0808. The van der Waals surface area contributed by atoms with Gasteiger partial charge in [0.1, 0.15) is 0 Å². The summed E-state index contributed by atoms with van der Waals surface area (Å²) in [5.41, 5.74) is 0. The van der Waals surface area contributed by atoms with Crippen LogP contribution in [0.5, 0.6) is 0 Å². The first kappa shape index (κ1) is 14.3. The standard InChI is InChI=1S/C16H32N2/c1-3-8-15-13-18(12-11-17-15)16(4-2)14-9-6-5-7-10-14/h14-17H,3-13H2,1-2H3. The summed E-state index contributed by atoms with van der Waals surface area (Å²) in [4.78, 5) is 2.81. The molecule has 2 heteroatoms. The van der Waals surface area contributed by atoms with Crippen LogP contribution in [0, 0.1) is 5.92 Å². The molecule has 2 fully saturated rings. The van der Waals surface area contributed by atoms with Gasteiger partial charge < -0.3 is 5.32 Å². The molecule has 0 aromatic heterocycles. The number of hydrogen-bond acceptors (Lipinski definition) is 2. The maximum atomic E-state index is 3.69. The molecule has 1 aliphatic heterocycles. The summed E-state index contributed by atoms with van der Waals surface area (Å²) in [5.74, 6) is 0.990. The Labute approximate surface area is 114 Å². The van der Waals surface area contributed by atoms with Gasteiger partial charge in [-0.3, -0.25) is 4.90 Å². The van der Waals surface area contributed by atoms with E-state index in [1.54, 1.807) is 0 Å². The number of hydrogen-bond donors (Lipinski definition) is 1. The Morgan fingerprint density at radius 3 is 2.61 bits per heavy atom. The maximum Gasteiger partial charge on any atom is 0.0195 e. The highest BCUT2D eigenvalue weighted by Gasteiger charge is 2.30. The average molecular weight is 252 g/mol. The van der Waals surface area contributed by atoms with Gasteiger partial charge in [-0.1, -0.05) is 39.5 Å². The molecular weight excluding hydrogens is 220 g/mol. The molecule has 2 rings (SSSR count). The predicted molar refractivity (Wildman–Crippen MR) is 78.9 cm³/mol. The van der Waals surface area contributed by atoms with E-state index in [2.05, 4.69) is 24.1 Å². The predicted octanol–water partition coefficient (Wildman–Crippen LogP) is 3.42. The van der Waals surface area contributed by atoms with Crippen LogP contribution in [-0.4, -0.2) is 36.6 Å². The van der Waals surface area contributed by atoms with E-state index in [0.717, 1.165) is 18.0 Å². The SMILES string of the molecule is CCCC1CN(C(CC)C2CCCCC2)CCN1. The first-order chi connectivity index (χ1) is 8.85. The summed E-state index contributed by atoms with van der Waals surface area (Å²) in [6, 6.07) is 1.62. The van der Waals surface area contributed by atoms with Crippen LogP contribution in [0.2, 0.25) is 0 Å². The zero-order valence-corrected chi connectivity index (χ0v) is 12.5. The normalized spacial score (nSPS) is 29.3. The van der Waals surface area contributed by atoms with Crippen molar-refractivity contribution in [3.63, 3.8) is 0 Å². The van der Waals surface area contributed by atoms with Gasteiger partial charge in [0.2, 0.25) is 0 Å². The van der Waals surface area contributed by atoms with E-state index in [9.17, 15) is 0 Å². The summed E-state index contributed by atoms with van der Waals surface area (Å²) in [7, 11) is 0. The lowest BCUT2D eigenvalue weighted by Crippen LogP contribution is -2.55. The first-order valence-electron chi connectivity index (χ1n) is 8.32. The molecule has 0 aromatic carbocycles. The van der Waals surface area contributed by atoms with E-state index < -0.39 is 0 Å². The first-order valence-corrected chi connectivity index (χ1v) is 8.32. The molecule has 1 heterocycles. The van der Waals surface area contributed by atoms with Crippen molar-refractivity contribution in [2.45, 2.75) is 77.3 Å². The molecule has 2 aliphatic rings. The topological polar surface area (TPSA) is 15.3 Å². The lowest BCUT2D eigenvalue weighted by atomic mass is 9.82. The Bertz CT molecular complexity index is 221. The van der Waals surface area contributed by atoms with E-state index in [1.165, 1.54) is 71.0 Å². The third-order valence-corrected chi connectivity index (χ3v) is 5.01. The molecule has 0 bridgehead atoms. The molecule has 1 aliphatic carbocycles. The molecule has 1 saturated carbocycles. The van der Waals surface area contributed by atoms with Crippen molar-refractivity contribution in [1.82, 2.24) is 10.2 Å². The van der Waals surface area contributed by atoms with Crippen LogP contribution in [0.15, 0.2) is 0 Å². The van der Waals surface area contributed by atoms with Gasteiger partial charge in [-0.2, -0.15) is 0 Å². The Morgan fingerprint density at radius 1 is 1.17 bits per heavy atom. The summed E-state index contributed by atoms with van der Waals surface area (Å²) in [6.07, 6.45) is 11.4. The van der Waals surface area contributed by atoms with Crippen molar-refractivity contribution in [3.05, 3.63) is 0 Å². The highest BCUT2D eigenvalue weighted by atomic mass is 15.2. The molecule has 0 spiro atoms. The third-order valence-electron chi connectivity index (χ3n) is 5.01. The Morgan fingerprint density at radius 2 is 1.94 bits per heavy atom. The highest BCUT2D eigenvalue weighted by Crippen LogP contribution is 2.31. The minimum Gasteiger partial charge on any atom is -0.311 e. The number of nitrogens with zero attached hydrogens (tertiary/aromatic N) is 1. The fourth-order valence-corrected chi connectivity index (χ4v) is 4.10. The smallest absolute Gasteiger partial charge is 0.0195 e. The molecule has 106 valence electrons. The number of rotatable bonds is 5. The molecular formula is C16H32N2. The Hall–Kier alpha value is -0.0800. The van der Waals surface area contributed by atoms with Crippen molar-refractivity contribution in [1.29, 1.82) is 0 Å². The maximum absolute atomic E-state index is 3.69. The van der Waals surface area contributed by atoms with Gasteiger partial charge in [-0.15, -0.1) is 0 Å². The van der Waals surface area contributed by atoms with E-state index in [1.807, 2.05) is 0 Å². The van der Waals surface area contributed by atoms with Gasteiger partial charge in [0.25, 0.3) is 0 Å². The van der Waals surface area contributed by atoms with Crippen LogP contribution in [-0.2, 0) is 0 Å². The number of nitrogens with one attached hydrogen (secondary N) is 1.